The number of hydrogen-bond acceptors (Lipinski definition) is 3. The fourth-order valence-corrected chi connectivity index (χ4v) is 3.76. The van der Waals surface area contributed by atoms with Gasteiger partial charge in [-0.1, -0.05) is 29.8 Å². The number of hydrogen-bond donors (Lipinski definition) is 1. The summed E-state index contributed by atoms with van der Waals surface area (Å²) in [6.07, 6.45) is 3.36. The largest absolute Gasteiger partial charge is 0.383 e. The number of piperidine rings is 1. The van der Waals surface area contributed by atoms with Crippen LogP contribution in [0.25, 0.3) is 0 Å². The second-order valence-electron chi connectivity index (χ2n) is 7.39. The van der Waals surface area contributed by atoms with Gasteiger partial charge >= 0.3 is 0 Å². The molecule has 1 aromatic rings. The second kappa shape index (κ2) is 8.13. The SMILES string of the molecule is COCCN1CCC(CNC(=O)[C@H]2C[C@@H]2c2cccc(C)c2)CC1. The monoisotopic (exact) mass is 330 g/mol. The Labute approximate surface area is 145 Å². The van der Waals surface area contributed by atoms with Crippen molar-refractivity contribution in [3.63, 3.8) is 0 Å². The maximum absolute atomic E-state index is 12.4. The first kappa shape index (κ1) is 17.4. The summed E-state index contributed by atoms with van der Waals surface area (Å²) < 4.78 is 5.14. The Balaban J connectivity index is 1.37. The van der Waals surface area contributed by atoms with Gasteiger partial charge in [-0.2, -0.15) is 0 Å². The lowest BCUT2D eigenvalue weighted by atomic mass is 9.96. The first-order valence-corrected chi connectivity index (χ1v) is 9.23. The summed E-state index contributed by atoms with van der Waals surface area (Å²) in [4.78, 5) is 14.8. The molecule has 2 aliphatic rings. The number of methoxy groups -OCH3 is 1. The standard InChI is InChI=1S/C20H30N2O2/c1-15-4-3-5-17(12-15)18-13-19(18)20(23)21-14-16-6-8-22(9-7-16)10-11-24-2/h3-5,12,16,18-19H,6-11,13-14H2,1-2H3,(H,21,23)/t18-,19+/m1/s1. The number of carbonyl (C=O) groups is 1. The van der Waals surface area contributed by atoms with Gasteiger partial charge < -0.3 is 15.0 Å². The number of benzene rings is 1. The molecule has 4 nitrogen and oxygen atoms in total. The van der Waals surface area contributed by atoms with Gasteiger partial charge in [0, 0.05) is 26.1 Å². The highest BCUT2D eigenvalue weighted by atomic mass is 16.5. The van der Waals surface area contributed by atoms with Crippen molar-refractivity contribution in [1.29, 1.82) is 0 Å². The molecule has 1 heterocycles. The zero-order valence-electron chi connectivity index (χ0n) is 15.0. The molecule has 0 aromatic heterocycles. The molecule has 1 aliphatic heterocycles. The van der Waals surface area contributed by atoms with Crippen LogP contribution < -0.4 is 5.32 Å². The summed E-state index contributed by atoms with van der Waals surface area (Å²) in [5.41, 5.74) is 2.60. The van der Waals surface area contributed by atoms with Crippen LogP contribution >= 0.6 is 0 Å². The Morgan fingerprint density at radius 2 is 2.12 bits per heavy atom. The van der Waals surface area contributed by atoms with Crippen LogP contribution in [0, 0.1) is 18.8 Å². The van der Waals surface area contributed by atoms with E-state index >= 15 is 0 Å². The summed E-state index contributed by atoms with van der Waals surface area (Å²) in [6.45, 7) is 7.03. The van der Waals surface area contributed by atoms with Gasteiger partial charge in [0.2, 0.25) is 5.91 Å². The van der Waals surface area contributed by atoms with Crippen molar-refractivity contribution in [2.24, 2.45) is 11.8 Å². The van der Waals surface area contributed by atoms with Crippen LogP contribution in [0.3, 0.4) is 0 Å². The third-order valence-corrected chi connectivity index (χ3v) is 5.48. The lowest BCUT2D eigenvalue weighted by Crippen LogP contribution is -2.40. The zero-order chi connectivity index (χ0) is 16.9. The van der Waals surface area contributed by atoms with Crippen LogP contribution in [0.4, 0.5) is 0 Å². The molecule has 3 rings (SSSR count). The summed E-state index contributed by atoms with van der Waals surface area (Å²) in [5.74, 6) is 1.50. The molecule has 1 N–H and O–H groups in total. The Kier molecular flexibility index (Phi) is 5.90. The smallest absolute Gasteiger partial charge is 0.223 e. The second-order valence-corrected chi connectivity index (χ2v) is 7.39. The normalized spacial score (nSPS) is 24.8. The molecule has 1 aromatic carbocycles. The average Bonchev–Trinajstić information content (AvgIpc) is 3.39. The molecular formula is C20H30N2O2. The van der Waals surface area contributed by atoms with E-state index < -0.39 is 0 Å². The molecule has 1 amide bonds. The van der Waals surface area contributed by atoms with Crippen LogP contribution in [-0.4, -0.2) is 50.7 Å². The molecule has 132 valence electrons. The molecule has 0 bridgehead atoms. The van der Waals surface area contributed by atoms with E-state index in [9.17, 15) is 4.79 Å². The average molecular weight is 330 g/mol. The van der Waals surface area contributed by atoms with Gasteiger partial charge in [-0.15, -0.1) is 0 Å². The third-order valence-electron chi connectivity index (χ3n) is 5.48. The first-order valence-electron chi connectivity index (χ1n) is 9.23. The number of amides is 1. The van der Waals surface area contributed by atoms with Gasteiger partial charge in [0.15, 0.2) is 0 Å². The van der Waals surface area contributed by atoms with Crippen LogP contribution in [0.15, 0.2) is 24.3 Å². The number of ether oxygens (including phenoxy) is 1. The van der Waals surface area contributed by atoms with Crippen molar-refractivity contribution in [2.45, 2.75) is 32.1 Å². The summed E-state index contributed by atoms with van der Waals surface area (Å²) in [5, 5.41) is 3.20. The summed E-state index contributed by atoms with van der Waals surface area (Å²) in [7, 11) is 1.75. The van der Waals surface area contributed by atoms with Gasteiger partial charge in [0.05, 0.1) is 6.61 Å². The molecular weight excluding hydrogens is 300 g/mol. The minimum Gasteiger partial charge on any atom is -0.383 e. The quantitative estimate of drug-likeness (QED) is 0.835. The summed E-state index contributed by atoms with van der Waals surface area (Å²) >= 11 is 0. The van der Waals surface area contributed by atoms with Crippen LogP contribution in [0.5, 0.6) is 0 Å². The molecule has 24 heavy (non-hydrogen) atoms. The van der Waals surface area contributed by atoms with Crippen LogP contribution in [0.1, 0.15) is 36.3 Å². The number of nitrogens with zero attached hydrogens (tertiary/aromatic N) is 1. The Bertz CT molecular complexity index is 552. The molecule has 0 unspecified atom stereocenters. The predicted molar refractivity (Wildman–Crippen MR) is 96.1 cm³/mol. The molecule has 2 atom stereocenters. The molecule has 0 spiro atoms. The van der Waals surface area contributed by atoms with Gasteiger partial charge in [0.1, 0.15) is 0 Å². The van der Waals surface area contributed by atoms with E-state index in [1.165, 1.54) is 24.0 Å². The fourth-order valence-electron chi connectivity index (χ4n) is 3.76. The highest BCUT2D eigenvalue weighted by Gasteiger charge is 2.43. The van der Waals surface area contributed by atoms with Gasteiger partial charge in [-0.25, -0.2) is 0 Å². The first-order chi connectivity index (χ1) is 11.7. The Hall–Kier alpha value is -1.39. The third kappa shape index (κ3) is 4.58. The van der Waals surface area contributed by atoms with Crippen LogP contribution in [-0.2, 0) is 9.53 Å². The van der Waals surface area contributed by atoms with Crippen molar-refractivity contribution in [1.82, 2.24) is 10.2 Å². The molecule has 0 radical (unpaired) electrons. The Morgan fingerprint density at radius 1 is 1.33 bits per heavy atom. The van der Waals surface area contributed by atoms with Crippen molar-refractivity contribution in [2.75, 3.05) is 39.9 Å². The van der Waals surface area contributed by atoms with Crippen molar-refractivity contribution in [3.8, 4) is 0 Å². The fraction of sp³-hybridized carbons (Fsp3) is 0.650. The van der Waals surface area contributed by atoms with E-state index in [-0.39, 0.29) is 11.8 Å². The topological polar surface area (TPSA) is 41.6 Å². The van der Waals surface area contributed by atoms with E-state index in [0.717, 1.165) is 39.2 Å². The molecule has 1 saturated heterocycles. The van der Waals surface area contributed by atoms with Crippen LogP contribution in [0.2, 0.25) is 0 Å². The van der Waals surface area contributed by atoms with E-state index in [0.29, 0.717) is 11.8 Å². The number of aryl methyl sites for hydroxylation is 1. The number of rotatable bonds is 7. The van der Waals surface area contributed by atoms with E-state index in [4.69, 9.17) is 4.74 Å². The molecule has 1 saturated carbocycles. The highest BCUT2D eigenvalue weighted by molar-refractivity contribution is 5.82. The molecule has 4 heteroatoms. The van der Waals surface area contributed by atoms with Gasteiger partial charge in [-0.3, -0.25) is 4.79 Å². The van der Waals surface area contributed by atoms with Crippen molar-refractivity contribution >= 4 is 5.91 Å². The minimum absolute atomic E-state index is 0.189. The molecule has 2 fully saturated rings. The predicted octanol–water partition coefficient (Wildman–Crippen LogP) is 2.57. The maximum atomic E-state index is 12.4. The van der Waals surface area contributed by atoms with E-state index in [1.807, 2.05) is 0 Å². The van der Waals surface area contributed by atoms with E-state index in [1.54, 1.807) is 7.11 Å². The van der Waals surface area contributed by atoms with Gasteiger partial charge in [0.25, 0.3) is 0 Å². The lowest BCUT2D eigenvalue weighted by Gasteiger charge is -2.31. The number of likely N-dealkylation sites (tertiary alicyclic amines) is 1. The maximum Gasteiger partial charge on any atom is 0.223 e. The number of nitrogens with one attached hydrogen (secondary N) is 1. The molecule has 1 aliphatic carbocycles. The van der Waals surface area contributed by atoms with Crippen molar-refractivity contribution in [3.05, 3.63) is 35.4 Å². The summed E-state index contributed by atoms with van der Waals surface area (Å²) in [6, 6.07) is 8.57. The van der Waals surface area contributed by atoms with Gasteiger partial charge in [-0.05, 0) is 56.7 Å². The van der Waals surface area contributed by atoms with Crippen molar-refractivity contribution < 1.29 is 9.53 Å². The highest BCUT2D eigenvalue weighted by Crippen LogP contribution is 2.47. The van der Waals surface area contributed by atoms with E-state index in [2.05, 4.69) is 41.4 Å². The number of carbonyl (C=O) groups excluding carboxylic acids is 1. The lowest BCUT2D eigenvalue weighted by molar-refractivity contribution is -0.122. The minimum atomic E-state index is 0.189. The Morgan fingerprint density at radius 3 is 2.83 bits per heavy atom. The zero-order valence-corrected chi connectivity index (χ0v) is 15.0.